The van der Waals surface area contributed by atoms with E-state index in [-0.39, 0.29) is 0 Å². The minimum Gasteiger partial charge on any atom is -0.464 e. The third kappa shape index (κ3) is 3.12. The van der Waals surface area contributed by atoms with E-state index in [0.717, 1.165) is 19.3 Å². The highest BCUT2D eigenvalue weighted by molar-refractivity contribution is 6.09. The zero-order valence-electron chi connectivity index (χ0n) is 10.1. The topological polar surface area (TPSA) is 67.9 Å². The molecule has 0 aromatic heterocycles. The Morgan fingerprint density at radius 1 is 0.824 bits per heavy atom. The Balaban J connectivity index is 2.31. The summed E-state index contributed by atoms with van der Waals surface area (Å²) in [6, 6.07) is 0.695. The van der Waals surface area contributed by atoms with Crippen molar-refractivity contribution in [3.8, 4) is 0 Å². The molecule has 0 aromatic carbocycles. The van der Waals surface area contributed by atoms with Gasteiger partial charge in [-0.25, -0.2) is 0 Å². The van der Waals surface area contributed by atoms with Gasteiger partial charge in [0.25, 0.3) is 0 Å². The van der Waals surface area contributed by atoms with Crippen LogP contribution in [-0.2, 0) is 9.47 Å². The molecule has 0 radical (unpaired) electrons. The summed E-state index contributed by atoms with van der Waals surface area (Å²) >= 11 is 0. The predicted octanol–water partition coefficient (Wildman–Crippen LogP) is 1.77. The quantitative estimate of drug-likeness (QED) is 0.733. The van der Waals surface area contributed by atoms with Gasteiger partial charge in [-0.1, -0.05) is 0 Å². The van der Waals surface area contributed by atoms with Crippen LogP contribution in [0.25, 0.3) is 0 Å². The fraction of sp³-hybridized carbons (Fsp3) is 0.636. The van der Waals surface area contributed by atoms with Crippen molar-refractivity contribution < 1.29 is 9.47 Å². The number of hydrogen-bond acceptors (Lipinski definition) is 6. The van der Waals surface area contributed by atoms with Gasteiger partial charge in [-0.15, -0.1) is 0 Å². The van der Waals surface area contributed by atoms with Crippen LogP contribution < -0.4 is 0 Å². The molecule has 0 fully saturated rings. The molecule has 0 unspecified atom stereocenters. The number of fused-ring (bicyclic) bond motifs is 4. The zero-order chi connectivity index (χ0) is 12.1. The highest BCUT2D eigenvalue weighted by Crippen LogP contribution is 2.12. The summed E-state index contributed by atoms with van der Waals surface area (Å²) in [5.74, 6) is 1.34. The van der Waals surface area contributed by atoms with Crippen LogP contribution in [0.4, 0.5) is 0 Å². The average molecular weight is 236 g/mol. The van der Waals surface area contributed by atoms with Crippen LogP contribution >= 0.6 is 0 Å². The third-order valence-electron chi connectivity index (χ3n) is 2.25. The van der Waals surface area contributed by atoms with Crippen LogP contribution in [0.5, 0.6) is 0 Å². The van der Waals surface area contributed by atoms with E-state index in [1.165, 1.54) is 0 Å². The van der Waals surface area contributed by atoms with Gasteiger partial charge < -0.3 is 9.47 Å². The highest BCUT2D eigenvalue weighted by Gasteiger charge is 2.16. The lowest BCUT2D eigenvalue weighted by atomic mass is 10.2. The Hall–Kier alpha value is -1.72. The minimum atomic E-state index is 0.347. The lowest BCUT2D eigenvalue weighted by Crippen LogP contribution is -2.19. The number of aliphatic imine (C=N–C) groups is 4. The van der Waals surface area contributed by atoms with E-state index < -0.39 is 0 Å². The first-order chi connectivity index (χ1) is 8.31. The molecule has 0 spiro atoms. The monoisotopic (exact) mass is 236 g/mol. The van der Waals surface area contributed by atoms with Gasteiger partial charge in [0.1, 0.15) is 11.7 Å². The number of amidine groups is 4. The lowest BCUT2D eigenvalue weighted by molar-refractivity contribution is 0.320. The first-order valence-electron chi connectivity index (χ1n) is 5.90. The Bertz CT molecular complexity index is 372. The third-order valence-corrected chi connectivity index (χ3v) is 2.25. The van der Waals surface area contributed by atoms with E-state index in [1.54, 1.807) is 0 Å². The van der Waals surface area contributed by atoms with Crippen LogP contribution in [-0.4, -0.2) is 36.9 Å². The molecule has 17 heavy (non-hydrogen) atoms. The number of hydrogen-bond donors (Lipinski definition) is 0. The van der Waals surface area contributed by atoms with Gasteiger partial charge in [0.05, 0.1) is 13.2 Å². The van der Waals surface area contributed by atoms with Crippen molar-refractivity contribution in [2.24, 2.45) is 20.0 Å². The van der Waals surface area contributed by atoms with Gasteiger partial charge in [-0.3, -0.25) is 0 Å². The molecule has 0 atom stereocenters. The SMILES string of the molecule is CCOC1=N/C2=N\C(OCC)=N/C(=N\1)CCC2. The van der Waals surface area contributed by atoms with Crippen LogP contribution in [0.1, 0.15) is 33.1 Å². The van der Waals surface area contributed by atoms with Crippen LogP contribution in [0.3, 0.4) is 0 Å². The summed E-state index contributed by atoms with van der Waals surface area (Å²) < 4.78 is 10.6. The zero-order valence-corrected chi connectivity index (χ0v) is 10.1. The molecule has 3 rings (SSSR count). The van der Waals surface area contributed by atoms with Crippen molar-refractivity contribution in [1.82, 2.24) is 0 Å². The summed E-state index contributed by atoms with van der Waals surface area (Å²) in [5.41, 5.74) is 0. The standard InChI is InChI=1S/C11H16N4O2/c1-3-16-10-12-8-6-5-7-9(13-10)15-11(14-8)17-4-2/h3-7H2,1-2H3/b12-8-,12-10?,13-9?,13-10+,14-8?,14-11+,15-9-,15-11?. The summed E-state index contributed by atoms with van der Waals surface area (Å²) in [7, 11) is 0. The van der Waals surface area contributed by atoms with Crippen molar-refractivity contribution in [3.05, 3.63) is 0 Å². The predicted molar refractivity (Wildman–Crippen MR) is 66.8 cm³/mol. The lowest BCUT2D eigenvalue weighted by Gasteiger charge is -2.13. The summed E-state index contributed by atoms with van der Waals surface area (Å²) in [6.45, 7) is 4.86. The van der Waals surface area contributed by atoms with E-state index in [4.69, 9.17) is 9.47 Å². The van der Waals surface area contributed by atoms with E-state index in [0.29, 0.717) is 36.9 Å². The fourth-order valence-corrected chi connectivity index (χ4v) is 1.56. The van der Waals surface area contributed by atoms with Crippen LogP contribution in [0.15, 0.2) is 20.0 Å². The van der Waals surface area contributed by atoms with E-state index >= 15 is 0 Å². The maximum absolute atomic E-state index is 5.32. The van der Waals surface area contributed by atoms with Crippen molar-refractivity contribution >= 4 is 23.7 Å². The molecule has 0 aromatic rings. The Kier molecular flexibility index (Phi) is 3.85. The van der Waals surface area contributed by atoms with Gasteiger partial charge in [0.2, 0.25) is 0 Å². The molecule has 0 saturated carbocycles. The first kappa shape index (κ1) is 11.8. The molecule has 0 amide bonds. The normalized spacial score (nSPS) is 31.4. The van der Waals surface area contributed by atoms with Crippen molar-refractivity contribution in [2.45, 2.75) is 33.1 Å². The molecule has 3 aliphatic rings. The van der Waals surface area contributed by atoms with Gasteiger partial charge in [0.15, 0.2) is 0 Å². The number of ether oxygens (including phenoxy) is 2. The minimum absolute atomic E-state index is 0.347. The van der Waals surface area contributed by atoms with Crippen LogP contribution in [0, 0.1) is 0 Å². The largest absolute Gasteiger partial charge is 0.464 e. The van der Waals surface area contributed by atoms with E-state index in [9.17, 15) is 0 Å². The fourth-order valence-electron chi connectivity index (χ4n) is 1.56. The van der Waals surface area contributed by atoms with Crippen molar-refractivity contribution in [3.63, 3.8) is 0 Å². The molecule has 3 heterocycles. The molecule has 6 heteroatoms. The number of nitrogens with zero attached hydrogens (tertiary/aromatic N) is 4. The highest BCUT2D eigenvalue weighted by atomic mass is 16.5. The van der Waals surface area contributed by atoms with Gasteiger partial charge in [-0.05, 0) is 20.3 Å². The van der Waals surface area contributed by atoms with Crippen molar-refractivity contribution in [2.75, 3.05) is 13.2 Å². The second-order valence-corrected chi connectivity index (χ2v) is 3.56. The maximum Gasteiger partial charge on any atom is 0.319 e. The smallest absolute Gasteiger partial charge is 0.319 e. The summed E-state index contributed by atoms with van der Waals surface area (Å²) in [6.07, 6.45) is 2.53. The molecule has 0 N–H and O–H groups in total. The van der Waals surface area contributed by atoms with E-state index in [2.05, 4.69) is 20.0 Å². The average Bonchev–Trinajstić information content (AvgIpc) is 2.22. The number of rotatable bonds is 2. The van der Waals surface area contributed by atoms with Gasteiger partial charge in [0, 0.05) is 12.8 Å². The second-order valence-electron chi connectivity index (χ2n) is 3.56. The first-order valence-corrected chi connectivity index (χ1v) is 5.90. The van der Waals surface area contributed by atoms with E-state index in [1.807, 2.05) is 13.8 Å². The molecular weight excluding hydrogens is 220 g/mol. The van der Waals surface area contributed by atoms with Gasteiger partial charge >= 0.3 is 12.0 Å². The second kappa shape index (κ2) is 5.56. The molecule has 6 nitrogen and oxygen atoms in total. The molecule has 0 saturated heterocycles. The Labute approximate surface area is 100 Å². The summed E-state index contributed by atoms with van der Waals surface area (Å²) in [5, 5.41) is 0. The molecule has 2 bridgehead atoms. The molecule has 92 valence electrons. The molecule has 3 aliphatic heterocycles. The Morgan fingerprint density at radius 2 is 1.29 bits per heavy atom. The molecule has 0 aliphatic carbocycles. The molecular formula is C11H16N4O2. The maximum atomic E-state index is 5.32. The van der Waals surface area contributed by atoms with Crippen LogP contribution in [0.2, 0.25) is 0 Å². The van der Waals surface area contributed by atoms with Gasteiger partial charge in [-0.2, -0.15) is 20.0 Å². The Morgan fingerprint density at radius 3 is 1.71 bits per heavy atom. The van der Waals surface area contributed by atoms with Crippen molar-refractivity contribution in [1.29, 1.82) is 0 Å². The summed E-state index contributed by atoms with van der Waals surface area (Å²) in [4.78, 5) is 17.1.